The van der Waals surface area contributed by atoms with Gasteiger partial charge < -0.3 is 14.4 Å². The van der Waals surface area contributed by atoms with E-state index in [1.165, 1.54) is 5.56 Å². The summed E-state index contributed by atoms with van der Waals surface area (Å²) in [6.07, 6.45) is 3.08. The summed E-state index contributed by atoms with van der Waals surface area (Å²) in [4.78, 5) is 18.4. The van der Waals surface area contributed by atoms with Gasteiger partial charge >= 0.3 is 5.97 Å². The predicted octanol–water partition coefficient (Wildman–Crippen LogP) is 2.36. The van der Waals surface area contributed by atoms with Crippen molar-refractivity contribution in [1.29, 1.82) is 0 Å². The van der Waals surface area contributed by atoms with Crippen molar-refractivity contribution in [3.8, 4) is 0 Å². The van der Waals surface area contributed by atoms with Crippen LogP contribution >= 0.6 is 0 Å². The smallest absolute Gasteiger partial charge is 0.337 e. The molecule has 0 radical (unpaired) electrons. The molecule has 116 valence electrons. The third-order valence-corrected chi connectivity index (χ3v) is 3.46. The van der Waals surface area contributed by atoms with Crippen molar-refractivity contribution in [2.45, 2.75) is 45.8 Å². The number of nitrogens with zero attached hydrogens (tertiary/aromatic N) is 2. The Hall–Kier alpha value is -1.62. The van der Waals surface area contributed by atoms with Gasteiger partial charge in [0.05, 0.1) is 31.1 Å². The van der Waals surface area contributed by atoms with Gasteiger partial charge in [0.2, 0.25) is 0 Å². The lowest BCUT2D eigenvalue weighted by Crippen LogP contribution is -2.47. The van der Waals surface area contributed by atoms with Crippen LogP contribution in [0.5, 0.6) is 0 Å². The molecule has 21 heavy (non-hydrogen) atoms. The molecule has 0 aliphatic carbocycles. The fraction of sp³-hybridized carbons (Fsp3) is 0.625. The maximum atomic E-state index is 12.0. The number of morpholine rings is 1. The zero-order valence-electron chi connectivity index (χ0n) is 13.2. The fourth-order valence-electron chi connectivity index (χ4n) is 2.27. The molecule has 2 rings (SSSR count). The minimum absolute atomic E-state index is 0.123. The average molecular weight is 292 g/mol. The molecule has 1 fully saturated rings. The van der Waals surface area contributed by atoms with E-state index < -0.39 is 6.10 Å². The number of carbonyl (C=O) groups is 1. The molecule has 0 amide bonds. The molecule has 0 spiro atoms. The Kier molecular flexibility index (Phi) is 5.17. The Morgan fingerprint density at radius 1 is 1.38 bits per heavy atom. The first-order valence-electron chi connectivity index (χ1n) is 7.49. The molecule has 0 N–H and O–H groups in total. The van der Waals surface area contributed by atoms with E-state index in [0.717, 1.165) is 12.2 Å². The van der Waals surface area contributed by atoms with E-state index in [1.807, 2.05) is 26.2 Å². The van der Waals surface area contributed by atoms with Crippen molar-refractivity contribution >= 4 is 11.7 Å². The van der Waals surface area contributed by atoms with Crippen molar-refractivity contribution in [2.24, 2.45) is 0 Å². The summed E-state index contributed by atoms with van der Waals surface area (Å²) in [6.45, 7) is 9.75. The Bertz CT molecular complexity index is 488. The minimum Gasteiger partial charge on any atom is -0.461 e. The van der Waals surface area contributed by atoms with E-state index in [1.54, 1.807) is 0 Å². The van der Waals surface area contributed by atoms with Crippen LogP contribution in [0.3, 0.4) is 0 Å². The van der Waals surface area contributed by atoms with Crippen LogP contribution in [0.15, 0.2) is 18.5 Å². The summed E-state index contributed by atoms with van der Waals surface area (Å²) >= 11 is 0. The SMILES string of the molecule is CC(C)OC(=O)C1CN(c2cncc(C(C)C)c2)CCO1. The van der Waals surface area contributed by atoms with Crippen molar-refractivity contribution in [3.63, 3.8) is 0 Å². The van der Waals surface area contributed by atoms with Crippen LogP contribution in [0.4, 0.5) is 5.69 Å². The van der Waals surface area contributed by atoms with Gasteiger partial charge in [-0.25, -0.2) is 4.79 Å². The van der Waals surface area contributed by atoms with Crippen LogP contribution in [0, 0.1) is 0 Å². The molecule has 1 saturated heterocycles. The van der Waals surface area contributed by atoms with Crippen molar-refractivity contribution in [2.75, 3.05) is 24.6 Å². The Labute approximate surface area is 126 Å². The number of hydrogen-bond acceptors (Lipinski definition) is 5. The van der Waals surface area contributed by atoms with Crippen LogP contribution in [0.2, 0.25) is 0 Å². The van der Waals surface area contributed by atoms with Gasteiger partial charge in [0, 0.05) is 12.7 Å². The molecule has 2 heterocycles. The highest BCUT2D eigenvalue weighted by molar-refractivity contribution is 5.76. The van der Waals surface area contributed by atoms with Gasteiger partial charge in [0.25, 0.3) is 0 Å². The Morgan fingerprint density at radius 3 is 2.81 bits per heavy atom. The quantitative estimate of drug-likeness (QED) is 0.797. The van der Waals surface area contributed by atoms with Gasteiger partial charge in [0.1, 0.15) is 0 Å². The second-order valence-electron chi connectivity index (χ2n) is 5.92. The normalized spacial score (nSPS) is 19.1. The number of carbonyl (C=O) groups excluding carboxylic acids is 1. The lowest BCUT2D eigenvalue weighted by molar-refractivity contribution is -0.161. The van der Waals surface area contributed by atoms with Crippen LogP contribution in [-0.2, 0) is 14.3 Å². The third kappa shape index (κ3) is 4.17. The van der Waals surface area contributed by atoms with Gasteiger partial charge in [-0.15, -0.1) is 0 Å². The molecule has 1 unspecified atom stereocenters. The molecule has 0 aromatic carbocycles. The maximum absolute atomic E-state index is 12.0. The molecule has 1 aromatic rings. The van der Waals surface area contributed by atoms with Gasteiger partial charge in [-0.3, -0.25) is 4.98 Å². The highest BCUT2D eigenvalue weighted by atomic mass is 16.6. The summed E-state index contributed by atoms with van der Waals surface area (Å²) in [5, 5.41) is 0. The van der Waals surface area contributed by atoms with Crippen molar-refractivity contribution in [3.05, 3.63) is 24.0 Å². The number of aromatic nitrogens is 1. The predicted molar refractivity (Wildman–Crippen MR) is 81.5 cm³/mol. The molecule has 1 aliphatic rings. The van der Waals surface area contributed by atoms with E-state index in [9.17, 15) is 4.79 Å². The molecule has 0 bridgehead atoms. The van der Waals surface area contributed by atoms with Crippen LogP contribution in [0.1, 0.15) is 39.2 Å². The number of anilines is 1. The zero-order valence-corrected chi connectivity index (χ0v) is 13.2. The van der Waals surface area contributed by atoms with Gasteiger partial charge in [-0.05, 0) is 31.4 Å². The maximum Gasteiger partial charge on any atom is 0.337 e. The first-order valence-corrected chi connectivity index (χ1v) is 7.49. The highest BCUT2D eigenvalue weighted by Crippen LogP contribution is 2.22. The third-order valence-electron chi connectivity index (χ3n) is 3.46. The average Bonchev–Trinajstić information content (AvgIpc) is 2.47. The molecule has 1 aromatic heterocycles. The fourth-order valence-corrected chi connectivity index (χ4v) is 2.27. The van der Waals surface area contributed by atoms with E-state index in [0.29, 0.717) is 19.1 Å². The summed E-state index contributed by atoms with van der Waals surface area (Å²) in [5.41, 5.74) is 2.23. The van der Waals surface area contributed by atoms with E-state index >= 15 is 0 Å². The van der Waals surface area contributed by atoms with Crippen molar-refractivity contribution in [1.82, 2.24) is 4.98 Å². The molecule has 5 heteroatoms. The molecule has 1 atom stereocenters. The van der Waals surface area contributed by atoms with Crippen LogP contribution in [0.25, 0.3) is 0 Å². The molecular weight excluding hydrogens is 268 g/mol. The van der Waals surface area contributed by atoms with Crippen LogP contribution in [-0.4, -0.2) is 42.9 Å². The van der Waals surface area contributed by atoms with Gasteiger partial charge in [-0.2, -0.15) is 0 Å². The summed E-state index contributed by atoms with van der Waals surface area (Å²) in [6, 6.07) is 2.13. The topological polar surface area (TPSA) is 51.7 Å². The summed E-state index contributed by atoms with van der Waals surface area (Å²) in [5.74, 6) is 0.142. The van der Waals surface area contributed by atoms with E-state index in [4.69, 9.17) is 9.47 Å². The first-order chi connectivity index (χ1) is 9.97. The monoisotopic (exact) mass is 292 g/mol. The molecule has 0 saturated carbocycles. The van der Waals surface area contributed by atoms with E-state index in [-0.39, 0.29) is 12.1 Å². The second-order valence-corrected chi connectivity index (χ2v) is 5.92. The standard InChI is InChI=1S/C16H24N2O3/c1-11(2)13-7-14(9-17-8-13)18-5-6-20-15(10-18)16(19)21-12(3)4/h7-9,11-12,15H,5-6,10H2,1-4H3. The Morgan fingerprint density at radius 2 is 2.14 bits per heavy atom. The zero-order chi connectivity index (χ0) is 15.4. The minimum atomic E-state index is -0.524. The number of esters is 1. The number of pyridine rings is 1. The molecule has 1 aliphatic heterocycles. The van der Waals surface area contributed by atoms with E-state index in [2.05, 4.69) is 29.8 Å². The number of rotatable bonds is 4. The Balaban J connectivity index is 2.07. The number of ether oxygens (including phenoxy) is 2. The highest BCUT2D eigenvalue weighted by Gasteiger charge is 2.28. The summed E-state index contributed by atoms with van der Waals surface area (Å²) < 4.78 is 10.8. The van der Waals surface area contributed by atoms with Crippen molar-refractivity contribution < 1.29 is 14.3 Å². The molecular formula is C16H24N2O3. The van der Waals surface area contributed by atoms with Gasteiger partial charge in [-0.1, -0.05) is 13.8 Å². The first kappa shape index (κ1) is 15.8. The second kappa shape index (κ2) is 6.89. The largest absolute Gasteiger partial charge is 0.461 e. The van der Waals surface area contributed by atoms with Crippen LogP contribution < -0.4 is 4.90 Å². The lowest BCUT2D eigenvalue weighted by atomic mass is 10.1. The number of hydrogen-bond donors (Lipinski definition) is 0. The van der Waals surface area contributed by atoms with Gasteiger partial charge in [0.15, 0.2) is 6.10 Å². The summed E-state index contributed by atoms with van der Waals surface area (Å²) in [7, 11) is 0. The lowest BCUT2D eigenvalue weighted by Gasteiger charge is -2.33. The molecule has 5 nitrogen and oxygen atoms in total.